The zero-order chi connectivity index (χ0) is 15.6. The maximum Gasteiger partial charge on any atom is 0.340 e. The Labute approximate surface area is 127 Å². The first-order valence-electron chi connectivity index (χ1n) is 6.89. The van der Waals surface area contributed by atoms with Crippen LogP contribution in [0.5, 0.6) is 0 Å². The molecule has 2 aliphatic carbocycles. The van der Waals surface area contributed by atoms with E-state index in [0.717, 1.165) is 5.57 Å². The van der Waals surface area contributed by atoms with Gasteiger partial charge in [-0.15, -0.1) is 11.6 Å². The molecule has 5 atom stereocenters. The molecule has 1 aliphatic heterocycles. The Morgan fingerprint density at radius 1 is 1.57 bits per heavy atom. The van der Waals surface area contributed by atoms with Crippen molar-refractivity contribution < 1.29 is 24.5 Å². The molecule has 114 valence electrons. The van der Waals surface area contributed by atoms with Gasteiger partial charge in [-0.05, 0) is 18.8 Å². The van der Waals surface area contributed by atoms with E-state index in [2.05, 4.69) is 0 Å². The maximum absolute atomic E-state index is 12.2. The SMILES string of the molecule is CC1=C[C@@]23[C@H](C=C(C(=O)O)[C@@H]2COC(=O)[C@]3(O)CCl)[C@@H]1C. The fraction of sp³-hybridized carbons (Fsp3) is 0.600. The second kappa shape index (κ2) is 4.34. The normalized spacial score (nSPS) is 44.6. The highest BCUT2D eigenvalue weighted by Gasteiger charge is 2.70. The first-order valence-corrected chi connectivity index (χ1v) is 7.43. The number of hydrogen-bond acceptors (Lipinski definition) is 4. The molecule has 0 radical (unpaired) electrons. The number of allylic oxidation sites excluding steroid dienone is 2. The molecule has 3 rings (SSSR count). The highest BCUT2D eigenvalue weighted by molar-refractivity contribution is 6.20. The summed E-state index contributed by atoms with van der Waals surface area (Å²) in [7, 11) is 0. The maximum atomic E-state index is 12.2. The lowest BCUT2D eigenvalue weighted by molar-refractivity contribution is -0.199. The van der Waals surface area contributed by atoms with E-state index in [4.69, 9.17) is 16.3 Å². The monoisotopic (exact) mass is 312 g/mol. The summed E-state index contributed by atoms with van der Waals surface area (Å²) in [5.74, 6) is -2.91. The molecule has 1 spiro atoms. The number of ether oxygens (including phenoxy) is 1. The van der Waals surface area contributed by atoms with Crippen LogP contribution in [0.2, 0.25) is 0 Å². The Hall–Kier alpha value is -1.33. The minimum Gasteiger partial charge on any atom is -0.478 e. The molecular weight excluding hydrogens is 296 g/mol. The van der Waals surface area contributed by atoms with Crippen LogP contribution in [0.15, 0.2) is 23.3 Å². The van der Waals surface area contributed by atoms with Gasteiger partial charge in [0.05, 0.1) is 12.5 Å². The van der Waals surface area contributed by atoms with E-state index < -0.39 is 28.9 Å². The number of carbonyl (C=O) groups excluding carboxylic acids is 1. The number of hydrogen-bond donors (Lipinski definition) is 2. The number of cyclic esters (lactones) is 1. The molecule has 0 aromatic rings. The summed E-state index contributed by atoms with van der Waals surface area (Å²) >= 11 is 5.92. The first kappa shape index (κ1) is 14.6. The molecule has 6 heteroatoms. The highest BCUT2D eigenvalue weighted by atomic mass is 35.5. The Balaban J connectivity index is 2.23. The summed E-state index contributed by atoms with van der Waals surface area (Å²) in [4.78, 5) is 23.7. The number of halogens is 1. The van der Waals surface area contributed by atoms with Crippen LogP contribution in [-0.2, 0) is 14.3 Å². The molecule has 0 aromatic heterocycles. The second-order valence-electron chi connectivity index (χ2n) is 6.21. The molecule has 0 saturated carbocycles. The number of aliphatic hydroxyl groups is 1. The minimum absolute atomic E-state index is 0.0385. The van der Waals surface area contributed by atoms with Gasteiger partial charge in [0.2, 0.25) is 0 Å². The van der Waals surface area contributed by atoms with Gasteiger partial charge in [-0.3, -0.25) is 0 Å². The fourth-order valence-electron chi connectivity index (χ4n) is 4.24. The topological polar surface area (TPSA) is 83.8 Å². The van der Waals surface area contributed by atoms with Crippen LogP contribution in [0, 0.1) is 23.2 Å². The Morgan fingerprint density at radius 2 is 2.24 bits per heavy atom. The molecule has 5 nitrogen and oxygen atoms in total. The van der Waals surface area contributed by atoms with E-state index in [1.165, 1.54) is 0 Å². The van der Waals surface area contributed by atoms with E-state index in [0.29, 0.717) is 0 Å². The van der Waals surface area contributed by atoms with Crippen LogP contribution < -0.4 is 0 Å². The van der Waals surface area contributed by atoms with Crippen molar-refractivity contribution in [3.63, 3.8) is 0 Å². The summed E-state index contributed by atoms with van der Waals surface area (Å²) in [5, 5.41) is 20.4. The lowest BCUT2D eigenvalue weighted by atomic mass is 9.59. The molecule has 0 unspecified atom stereocenters. The number of carboxylic acids is 1. The molecule has 21 heavy (non-hydrogen) atoms. The van der Waals surface area contributed by atoms with Gasteiger partial charge in [-0.1, -0.05) is 24.6 Å². The first-order chi connectivity index (χ1) is 9.79. The number of aliphatic carboxylic acids is 1. The van der Waals surface area contributed by atoms with Gasteiger partial charge in [-0.2, -0.15) is 0 Å². The van der Waals surface area contributed by atoms with Crippen molar-refractivity contribution >= 4 is 23.5 Å². The van der Waals surface area contributed by atoms with E-state index in [1.807, 2.05) is 19.9 Å². The quantitative estimate of drug-likeness (QED) is 0.457. The van der Waals surface area contributed by atoms with Gasteiger partial charge >= 0.3 is 11.9 Å². The lowest BCUT2D eigenvalue weighted by Crippen LogP contribution is -2.64. The average molecular weight is 313 g/mol. The standard InChI is InChI=1S/C15H17ClO5/c1-7-4-14-10(8(7)2)3-9(12(17)18)11(14)5-21-13(19)15(14,20)6-16/h3-4,8,10-11,20H,5-6H2,1-2H3,(H,17,18)/t8-,10-,11+,14-,15-/m1/s1. The Morgan fingerprint density at radius 3 is 2.81 bits per heavy atom. The molecular formula is C15H17ClO5. The third-order valence-electron chi connectivity index (χ3n) is 5.46. The van der Waals surface area contributed by atoms with Gasteiger partial charge in [0, 0.05) is 16.9 Å². The third kappa shape index (κ3) is 1.51. The molecule has 3 aliphatic rings. The molecule has 0 bridgehead atoms. The summed E-state index contributed by atoms with van der Waals surface area (Å²) in [6, 6.07) is 0. The second-order valence-corrected chi connectivity index (χ2v) is 6.48. The number of carboxylic acid groups (broad SMARTS) is 1. The van der Waals surface area contributed by atoms with Crippen molar-refractivity contribution in [1.82, 2.24) is 0 Å². The van der Waals surface area contributed by atoms with Crippen molar-refractivity contribution in [1.29, 1.82) is 0 Å². The van der Waals surface area contributed by atoms with Crippen LogP contribution in [0.1, 0.15) is 13.8 Å². The van der Waals surface area contributed by atoms with Gasteiger partial charge in [0.25, 0.3) is 0 Å². The van der Waals surface area contributed by atoms with Crippen molar-refractivity contribution in [2.45, 2.75) is 19.4 Å². The fourth-order valence-corrected chi connectivity index (χ4v) is 4.58. The summed E-state index contributed by atoms with van der Waals surface area (Å²) in [6.07, 6.45) is 3.52. The van der Waals surface area contributed by atoms with Gasteiger partial charge in [0.15, 0.2) is 5.60 Å². The predicted molar refractivity (Wildman–Crippen MR) is 74.7 cm³/mol. The number of esters is 1. The van der Waals surface area contributed by atoms with Crippen LogP contribution in [-0.4, -0.2) is 40.2 Å². The summed E-state index contributed by atoms with van der Waals surface area (Å²) < 4.78 is 5.05. The van der Waals surface area contributed by atoms with Crippen molar-refractivity contribution in [2.75, 3.05) is 12.5 Å². The minimum atomic E-state index is -1.90. The van der Waals surface area contributed by atoms with Crippen LogP contribution in [0.3, 0.4) is 0 Å². The van der Waals surface area contributed by atoms with Crippen LogP contribution in [0.4, 0.5) is 0 Å². The zero-order valence-electron chi connectivity index (χ0n) is 11.8. The van der Waals surface area contributed by atoms with Crippen molar-refractivity contribution in [3.8, 4) is 0 Å². The number of alkyl halides is 1. The van der Waals surface area contributed by atoms with Gasteiger partial charge < -0.3 is 14.9 Å². The average Bonchev–Trinajstić information content (AvgIpc) is 2.89. The van der Waals surface area contributed by atoms with E-state index in [9.17, 15) is 19.8 Å². The highest BCUT2D eigenvalue weighted by Crippen LogP contribution is 2.64. The van der Waals surface area contributed by atoms with Crippen LogP contribution in [0.25, 0.3) is 0 Å². The zero-order valence-corrected chi connectivity index (χ0v) is 12.6. The molecule has 0 aromatic carbocycles. The molecule has 1 heterocycles. The molecule has 1 fully saturated rings. The smallest absolute Gasteiger partial charge is 0.340 e. The van der Waals surface area contributed by atoms with Crippen molar-refractivity contribution in [3.05, 3.63) is 23.3 Å². The molecule has 2 N–H and O–H groups in total. The predicted octanol–water partition coefficient (Wildman–Crippen LogP) is 1.35. The van der Waals surface area contributed by atoms with E-state index >= 15 is 0 Å². The number of rotatable bonds is 2. The van der Waals surface area contributed by atoms with Crippen molar-refractivity contribution in [2.24, 2.45) is 23.2 Å². The summed E-state index contributed by atoms with van der Waals surface area (Å²) in [6.45, 7) is 3.86. The largest absolute Gasteiger partial charge is 0.478 e. The van der Waals surface area contributed by atoms with Gasteiger partial charge in [0.1, 0.15) is 0 Å². The van der Waals surface area contributed by atoms with Crippen LogP contribution >= 0.6 is 11.6 Å². The third-order valence-corrected chi connectivity index (χ3v) is 5.85. The number of carbonyl (C=O) groups is 2. The van der Waals surface area contributed by atoms with Gasteiger partial charge in [-0.25, -0.2) is 9.59 Å². The van der Waals surface area contributed by atoms with E-state index in [1.54, 1.807) is 6.08 Å². The lowest BCUT2D eigenvalue weighted by Gasteiger charge is -2.49. The summed E-state index contributed by atoms with van der Waals surface area (Å²) in [5.41, 5.74) is -1.68. The molecule has 1 saturated heterocycles. The Kier molecular flexibility index (Phi) is 3.01. The van der Waals surface area contributed by atoms with E-state index in [-0.39, 0.29) is 29.9 Å². The molecule has 0 amide bonds. The Bertz CT molecular complexity index is 595.